The molecule has 0 radical (unpaired) electrons. The Balaban J connectivity index is -0.0000000133. The van der Waals surface area contributed by atoms with E-state index in [-0.39, 0.29) is 60.5 Å². The summed E-state index contributed by atoms with van der Waals surface area (Å²) in [6.45, 7) is 1.60. The summed E-state index contributed by atoms with van der Waals surface area (Å²) >= 11 is 0. The molecular weight excluding hydrogens is 140 g/mol. The molecule has 0 heterocycles. The Morgan fingerprint density at radius 3 is 2.00 bits per heavy atom. The average molecular weight is 150 g/mol. The molecular formula is C3H10CaO2S. The maximum atomic E-state index is 9.37. The van der Waals surface area contributed by atoms with Gasteiger partial charge in [-0.1, -0.05) is 6.92 Å². The Morgan fingerprint density at radius 1 is 1.86 bits per heavy atom. The van der Waals surface area contributed by atoms with E-state index in [0.717, 1.165) is 0 Å². The van der Waals surface area contributed by atoms with Crippen LogP contribution in [0.2, 0.25) is 0 Å². The molecule has 0 spiro atoms. The fraction of sp³-hybridized carbons (Fsp3) is 0.667. The van der Waals surface area contributed by atoms with E-state index in [1.54, 1.807) is 6.92 Å². The van der Waals surface area contributed by atoms with Gasteiger partial charge in [0.2, 0.25) is 0 Å². The van der Waals surface area contributed by atoms with Gasteiger partial charge in [0.1, 0.15) is 0 Å². The van der Waals surface area contributed by atoms with Gasteiger partial charge in [-0.2, -0.15) is 13.5 Å². The molecule has 2 nitrogen and oxygen atoms in total. The number of carboxylic acids is 1. The molecule has 4 heteroatoms. The van der Waals surface area contributed by atoms with Gasteiger partial charge in [-0.25, -0.2) is 0 Å². The van der Waals surface area contributed by atoms with Gasteiger partial charge in [-0.05, 0) is 0 Å². The van der Waals surface area contributed by atoms with Gasteiger partial charge < -0.3 is 7.96 Å². The van der Waals surface area contributed by atoms with E-state index in [4.69, 9.17) is 5.11 Å². The third-order valence-electron chi connectivity index (χ3n) is 0.302. The van der Waals surface area contributed by atoms with Crippen LogP contribution in [0.4, 0.5) is 0 Å². The Kier molecular flexibility index (Phi) is 22.7. The molecule has 0 atom stereocenters. The van der Waals surface area contributed by atoms with Crippen LogP contribution >= 0.6 is 13.5 Å². The summed E-state index contributed by atoms with van der Waals surface area (Å²) in [4.78, 5) is 9.37. The molecule has 0 amide bonds. The Bertz CT molecular complexity index is 55.1. The average Bonchev–Trinajstić information content (AvgIpc) is 1.38. The molecule has 0 saturated heterocycles. The van der Waals surface area contributed by atoms with Gasteiger partial charge >= 0.3 is 43.7 Å². The zero-order valence-electron chi connectivity index (χ0n) is 6.27. The first-order valence-corrected chi connectivity index (χ1v) is 1.49. The molecule has 0 fully saturated rings. The van der Waals surface area contributed by atoms with Crippen LogP contribution in [0.15, 0.2) is 0 Å². The van der Waals surface area contributed by atoms with Crippen LogP contribution < -0.4 is 0 Å². The van der Waals surface area contributed by atoms with E-state index >= 15 is 0 Å². The maximum absolute atomic E-state index is 9.37. The minimum atomic E-state index is -0.745. The minimum Gasteiger partial charge on any atom is -1.00 e. The van der Waals surface area contributed by atoms with Gasteiger partial charge in [0.05, 0.1) is 0 Å². The minimum absolute atomic E-state index is 0. The van der Waals surface area contributed by atoms with Crippen LogP contribution in [0.3, 0.4) is 0 Å². The van der Waals surface area contributed by atoms with Crippen molar-refractivity contribution in [3.8, 4) is 0 Å². The van der Waals surface area contributed by atoms with E-state index < -0.39 is 5.97 Å². The third kappa shape index (κ3) is 19.3. The number of carboxylic acid groups (broad SMARTS) is 1. The number of carbonyl (C=O) groups is 1. The van der Waals surface area contributed by atoms with Gasteiger partial charge in [-0.3, -0.25) is 4.79 Å². The smallest absolute Gasteiger partial charge is 1.00 e. The van der Waals surface area contributed by atoms with Crippen LogP contribution in [0.1, 0.15) is 16.2 Å². The van der Waals surface area contributed by atoms with Crippen LogP contribution in [-0.2, 0) is 4.79 Å². The molecule has 42 valence electrons. The third-order valence-corrected chi connectivity index (χ3v) is 0.302. The van der Waals surface area contributed by atoms with Crippen molar-refractivity contribution in [2.24, 2.45) is 0 Å². The van der Waals surface area contributed by atoms with Crippen molar-refractivity contribution >= 4 is 57.2 Å². The molecule has 7 heavy (non-hydrogen) atoms. The molecule has 0 aromatic heterocycles. The van der Waals surface area contributed by atoms with Gasteiger partial charge in [0.25, 0.3) is 0 Å². The molecule has 0 aromatic rings. The fourth-order valence-corrected chi connectivity index (χ4v) is 0. The molecule has 1 N–H and O–H groups in total. The Labute approximate surface area is 82.7 Å². The quantitative estimate of drug-likeness (QED) is 0.551. The molecule has 0 rings (SSSR count). The van der Waals surface area contributed by atoms with Crippen molar-refractivity contribution < 1.29 is 12.8 Å². The predicted molar refractivity (Wildman–Crippen MR) is 36.3 cm³/mol. The van der Waals surface area contributed by atoms with Crippen molar-refractivity contribution in [3.63, 3.8) is 0 Å². The second-order valence-corrected chi connectivity index (χ2v) is 0.747. The standard InChI is InChI=1S/C3H6O2.Ca.H2S.2H/c1-2-3(4)5;;;;/h2H2,1H3,(H,4,5);;1H2;;/q;+2;;2*-1. The largest absolute Gasteiger partial charge is 2.00 e. The van der Waals surface area contributed by atoms with Gasteiger partial charge in [0.15, 0.2) is 0 Å². The van der Waals surface area contributed by atoms with Crippen LogP contribution in [0.5, 0.6) is 0 Å². The van der Waals surface area contributed by atoms with E-state index in [1.807, 2.05) is 0 Å². The number of hydrogen-bond acceptors (Lipinski definition) is 1. The molecule has 0 aliphatic carbocycles. The van der Waals surface area contributed by atoms with E-state index in [0.29, 0.717) is 0 Å². The normalized spacial score (nSPS) is 5.29. The number of aliphatic carboxylic acids is 1. The summed E-state index contributed by atoms with van der Waals surface area (Å²) in [6, 6.07) is 0. The summed E-state index contributed by atoms with van der Waals surface area (Å²) in [6.07, 6.45) is 0.222. The van der Waals surface area contributed by atoms with Crippen LogP contribution in [0, 0.1) is 0 Å². The molecule has 0 bridgehead atoms. The second kappa shape index (κ2) is 10.1. The van der Waals surface area contributed by atoms with Crippen LogP contribution in [-0.4, -0.2) is 48.8 Å². The zero-order valence-corrected chi connectivity index (χ0v) is 7.48. The van der Waals surface area contributed by atoms with Crippen molar-refractivity contribution in [3.05, 3.63) is 0 Å². The SMILES string of the molecule is CCC(=O)O.S.[Ca+2].[H-].[H-]. The summed E-state index contributed by atoms with van der Waals surface area (Å²) in [5, 5.41) is 7.72. The van der Waals surface area contributed by atoms with E-state index in [1.165, 1.54) is 0 Å². The van der Waals surface area contributed by atoms with Crippen LogP contribution in [0.25, 0.3) is 0 Å². The fourth-order valence-electron chi connectivity index (χ4n) is 0. The topological polar surface area (TPSA) is 37.3 Å². The van der Waals surface area contributed by atoms with E-state index in [9.17, 15) is 4.79 Å². The van der Waals surface area contributed by atoms with Crippen molar-refractivity contribution in [1.29, 1.82) is 0 Å². The Morgan fingerprint density at radius 2 is 2.00 bits per heavy atom. The maximum Gasteiger partial charge on any atom is 2.00 e. The summed E-state index contributed by atoms with van der Waals surface area (Å²) < 4.78 is 0. The summed E-state index contributed by atoms with van der Waals surface area (Å²) in [7, 11) is 0. The number of rotatable bonds is 1. The number of hydrogen-bond donors (Lipinski definition) is 1. The van der Waals surface area contributed by atoms with Gasteiger partial charge in [0, 0.05) is 6.42 Å². The van der Waals surface area contributed by atoms with E-state index in [2.05, 4.69) is 0 Å². The van der Waals surface area contributed by atoms with Crippen molar-refractivity contribution in [2.45, 2.75) is 13.3 Å². The van der Waals surface area contributed by atoms with Crippen molar-refractivity contribution in [1.82, 2.24) is 0 Å². The Hall–Kier alpha value is 1.08. The first kappa shape index (κ1) is 15.7. The van der Waals surface area contributed by atoms with Crippen molar-refractivity contribution in [2.75, 3.05) is 0 Å². The summed E-state index contributed by atoms with van der Waals surface area (Å²) in [5.41, 5.74) is 0. The molecule has 0 aliphatic rings. The second-order valence-electron chi connectivity index (χ2n) is 0.747. The molecule has 0 unspecified atom stereocenters. The predicted octanol–water partition coefficient (Wildman–Crippen LogP) is 0.438. The first-order valence-electron chi connectivity index (χ1n) is 1.49. The molecule has 0 saturated carbocycles. The molecule has 0 aliphatic heterocycles. The zero-order chi connectivity index (χ0) is 4.28. The summed E-state index contributed by atoms with van der Waals surface area (Å²) in [5.74, 6) is -0.745. The monoisotopic (exact) mass is 150 g/mol. The first-order chi connectivity index (χ1) is 2.27. The van der Waals surface area contributed by atoms with Gasteiger partial charge in [-0.15, -0.1) is 0 Å². The molecule has 0 aromatic carbocycles.